The second kappa shape index (κ2) is 14.3. The number of nitrogens with two attached hydrogens (primary N) is 1. The van der Waals surface area contributed by atoms with Crippen molar-refractivity contribution in [1.29, 1.82) is 0 Å². The number of benzene rings is 3. The maximum atomic E-state index is 13.4. The zero-order chi connectivity index (χ0) is 31.1. The van der Waals surface area contributed by atoms with Gasteiger partial charge in [0, 0.05) is 35.9 Å². The normalized spacial score (nSPS) is 13.6. The molecule has 1 aliphatic heterocycles. The maximum absolute atomic E-state index is 13.4. The maximum Gasteiger partial charge on any atom is 0.261 e. The number of hydrogen-bond donors (Lipinski definition) is 1. The summed E-state index contributed by atoms with van der Waals surface area (Å²) in [6.07, 6.45) is 0.314. The van der Waals surface area contributed by atoms with Crippen LogP contribution >= 0.6 is 23.2 Å². The highest BCUT2D eigenvalue weighted by atomic mass is 35.5. The molecule has 2 N–H and O–H groups in total. The highest BCUT2D eigenvalue weighted by molar-refractivity contribution is 6.35. The molecule has 0 aliphatic carbocycles. The fourth-order valence-corrected chi connectivity index (χ4v) is 5.36. The van der Waals surface area contributed by atoms with Gasteiger partial charge in [0.25, 0.3) is 11.8 Å². The van der Waals surface area contributed by atoms with Crippen molar-refractivity contribution in [3.8, 4) is 11.5 Å². The van der Waals surface area contributed by atoms with Gasteiger partial charge in [-0.2, -0.15) is 0 Å². The summed E-state index contributed by atoms with van der Waals surface area (Å²) in [6.45, 7) is 0.0789. The van der Waals surface area contributed by atoms with Crippen LogP contribution in [0.15, 0.2) is 65.7 Å². The lowest BCUT2D eigenvalue weighted by Crippen LogP contribution is -2.32. The number of nitrogens with zero attached hydrogens (tertiary/aromatic N) is 2. The van der Waals surface area contributed by atoms with Crippen molar-refractivity contribution in [1.82, 2.24) is 4.90 Å². The molecular formula is C32H31Cl2N3O6. The van der Waals surface area contributed by atoms with Crippen molar-refractivity contribution in [3.63, 3.8) is 0 Å². The Morgan fingerprint density at radius 3 is 2.23 bits per heavy atom. The van der Waals surface area contributed by atoms with Gasteiger partial charge in [-0.1, -0.05) is 47.5 Å². The molecule has 0 bridgehead atoms. The number of ketones is 2. The van der Waals surface area contributed by atoms with Crippen LogP contribution in [0.5, 0.6) is 11.5 Å². The number of carbonyl (C=O) groups excluding carboxylic acids is 4. The van der Waals surface area contributed by atoms with Gasteiger partial charge in [0.2, 0.25) is 0 Å². The molecule has 0 saturated heterocycles. The van der Waals surface area contributed by atoms with Crippen LogP contribution in [0.1, 0.15) is 51.1 Å². The fraction of sp³-hybridized carbons (Fsp3) is 0.281. The average molecular weight is 625 g/mol. The molecule has 2 amide bonds. The predicted molar refractivity (Wildman–Crippen MR) is 165 cm³/mol. The molecule has 0 unspecified atom stereocenters. The summed E-state index contributed by atoms with van der Waals surface area (Å²) in [5, 5.41) is 0.816. The Bertz CT molecular complexity index is 1550. The molecule has 0 spiro atoms. The number of halogens is 2. The molecule has 3 aromatic rings. The third kappa shape index (κ3) is 7.80. The van der Waals surface area contributed by atoms with Crippen molar-refractivity contribution >= 4 is 52.4 Å². The molecule has 1 atom stereocenters. The highest BCUT2D eigenvalue weighted by Gasteiger charge is 2.34. The zero-order valence-electron chi connectivity index (χ0n) is 23.8. The predicted octanol–water partition coefficient (Wildman–Crippen LogP) is 5.13. The van der Waals surface area contributed by atoms with Crippen molar-refractivity contribution < 1.29 is 28.7 Å². The van der Waals surface area contributed by atoms with Crippen LogP contribution in [-0.2, 0) is 22.4 Å². The minimum Gasteiger partial charge on any atom is -0.493 e. The monoisotopic (exact) mass is 623 g/mol. The first-order valence-corrected chi connectivity index (χ1v) is 14.3. The Morgan fingerprint density at radius 2 is 1.60 bits per heavy atom. The van der Waals surface area contributed by atoms with Crippen LogP contribution in [0.4, 0.5) is 0 Å². The third-order valence-electron chi connectivity index (χ3n) is 7.03. The van der Waals surface area contributed by atoms with E-state index >= 15 is 0 Å². The van der Waals surface area contributed by atoms with Crippen LogP contribution in [0, 0.1) is 0 Å². The van der Waals surface area contributed by atoms with Crippen LogP contribution in [0.25, 0.3) is 0 Å². The Morgan fingerprint density at radius 1 is 0.930 bits per heavy atom. The summed E-state index contributed by atoms with van der Waals surface area (Å²) in [4.78, 5) is 57.2. The van der Waals surface area contributed by atoms with Gasteiger partial charge in [0.05, 0.1) is 31.8 Å². The molecule has 11 heteroatoms. The summed E-state index contributed by atoms with van der Waals surface area (Å²) in [5.41, 5.74) is 8.23. The third-order valence-corrected chi connectivity index (χ3v) is 7.62. The molecule has 9 nitrogen and oxygen atoms in total. The van der Waals surface area contributed by atoms with Gasteiger partial charge in [0.1, 0.15) is 17.7 Å². The number of amides is 2. The van der Waals surface area contributed by atoms with E-state index in [0.717, 1.165) is 4.90 Å². The standard InChI is InChI=1S/C32H31Cl2N3O6/c1-42-28-12-9-19(15-29(28)43-2)14-22(38)18-30(35)36-26(16-20-10-11-21(33)17-25(20)34)27(39)8-5-13-37-31(40)23-6-3-4-7-24(23)32(37)41/h3-4,6-7,9-12,15,17,26H,5,8,13-14,16,18H2,1-2H3,(H2,35,36)/t26-/m1/s1. The molecule has 224 valence electrons. The number of imide groups is 1. The number of rotatable bonds is 14. The lowest BCUT2D eigenvalue weighted by molar-refractivity contribution is -0.120. The van der Waals surface area contributed by atoms with E-state index < -0.39 is 6.04 Å². The molecule has 0 aromatic heterocycles. The molecule has 3 aromatic carbocycles. The van der Waals surface area contributed by atoms with Crippen molar-refractivity contribution in [2.45, 2.75) is 38.1 Å². The molecule has 0 saturated carbocycles. The highest BCUT2D eigenvalue weighted by Crippen LogP contribution is 2.28. The fourth-order valence-electron chi connectivity index (χ4n) is 4.88. The number of aliphatic imine (C=N–C) groups is 1. The summed E-state index contributed by atoms with van der Waals surface area (Å²) >= 11 is 12.4. The van der Waals surface area contributed by atoms with Gasteiger partial charge in [0.15, 0.2) is 17.3 Å². The molecule has 43 heavy (non-hydrogen) atoms. The first kappa shape index (κ1) is 31.7. The summed E-state index contributed by atoms with van der Waals surface area (Å²) < 4.78 is 10.5. The summed E-state index contributed by atoms with van der Waals surface area (Å²) in [6, 6.07) is 15.8. The van der Waals surface area contributed by atoms with Crippen molar-refractivity contribution in [3.05, 3.63) is 93.0 Å². The van der Waals surface area contributed by atoms with Gasteiger partial charge in [-0.15, -0.1) is 0 Å². The SMILES string of the molecule is COc1ccc(CC(=O)CC(N)=N[C@H](Cc2ccc(Cl)cc2Cl)C(=O)CCCN2C(=O)c3ccccc3C2=O)cc1OC. The average Bonchev–Trinajstić information content (AvgIpc) is 3.22. The van der Waals surface area contributed by atoms with Crippen LogP contribution in [0.2, 0.25) is 10.0 Å². The van der Waals surface area contributed by atoms with Gasteiger partial charge >= 0.3 is 0 Å². The van der Waals surface area contributed by atoms with Crippen LogP contribution in [0.3, 0.4) is 0 Å². The van der Waals surface area contributed by atoms with Gasteiger partial charge in [-0.05, 0) is 53.9 Å². The Hall–Kier alpha value is -4.21. The number of carbonyl (C=O) groups is 4. The number of hydrogen-bond acceptors (Lipinski definition) is 7. The minimum atomic E-state index is -0.935. The number of fused-ring (bicyclic) bond motifs is 1. The van der Waals surface area contributed by atoms with Gasteiger partial charge in [-0.25, -0.2) is 0 Å². The van der Waals surface area contributed by atoms with Gasteiger partial charge < -0.3 is 15.2 Å². The summed E-state index contributed by atoms with van der Waals surface area (Å²) in [5.74, 6) is -0.172. The van der Waals surface area contributed by atoms with Crippen molar-refractivity contribution in [2.75, 3.05) is 20.8 Å². The number of methoxy groups -OCH3 is 2. The molecule has 0 radical (unpaired) electrons. The van der Waals surface area contributed by atoms with Crippen molar-refractivity contribution in [2.24, 2.45) is 10.7 Å². The first-order chi connectivity index (χ1) is 20.6. The Balaban J connectivity index is 1.44. The van der Waals surface area contributed by atoms with E-state index in [-0.39, 0.29) is 67.9 Å². The minimum absolute atomic E-state index is 0.00857. The van der Waals surface area contributed by atoms with E-state index in [9.17, 15) is 19.2 Å². The number of ether oxygens (including phenoxy) is 2. The Labute approximate surface area is 259 Å². The second-order valence-corrected chi connectivity index (χ2v) is 10.9. The second-order valence-electron chi connectivity index (χ2n) is 10.0. The number of amidine groups is 1. The lowest BCUT2D eigenvalue weighted by Gasteiger charge is -2.16. The molecule has 4 rings (SSSR count). The van der Waals surface area contributed by atoms with Crippen LogP contribution in [-0.4, -0.2) is 60.9 Å². The van der Waals surface area contributed by atoms with Gasteiger partial charge in [-0.3, -0.25) is 29.1 Å². The van der Waals surface area contributed by atoms with E-state index in [0.29, 0.717) is 43.8 Å². The molecule has 1 aliphatic rings. The lowest BCUT2D eigenvalue weighted by atomic mass is 9.99. The zero-order valence-corrected chi connectivity index (χ0v) is 25.3. The molecule has 1 heterocycles. The quantitative estimate of drug-likeness (QED) is 0.150. The van der Waals surface area contributed by atoms with Crippen LogP contribution < -0.4 is 15.2 Å². The van der Waals surface area contributed by atoms with E-state index in [1.807, 2.05) is 0 Å². The Kier molecular flexibility index (Phi) is 10.6. The molecule has 0 fully saturated rings. The van der Waals surface area contributed by atoms with E-state index in [2.05, 4.69) is 4.99 Å². The topological polar surface area (TPSA) is 128 Å². The smallest absolute Gasteiger partial charge is 0.261 e. The van der Waals surface area contributed by atoms with E-state index in [4.69, 9.17) is 38.4 Å². The molecular weight excluding hydrogens is 593 g/mol. The van der Waals surface area contributed by atoms with E-state index in [1.54, 1.807) is 60.7 Å². The number of Topliss-reactive ketones (excluding diaryl/α,β-unsaturated/α-hetero) is 2. The first-order valence-electron chi connectivity index (χ1n) is 13.6. The van der Waals surface area contributed by atoms with E-state index in [1.165, 1.54) is 14.2 Å². The largest absolute Gasteiger partial charge is 0.493 e. The summed E-state index contributed by atoms with van der Waals surface area (Å²) in [7, 11) is 3.04.